The van der Waals surface area contributed by atoms with E-state index in [9.17, 15) is 4.79 Å². The Kier molecular flexibility index (Phi) is 5.48. The van der Waals surface area contributed by atoms with Gasteiger partial charge in [0.2, 0.25) is 5.91 Å². The summed E-state index contributed by atoms with van der Waals surface area (Å²) in [6.45, 7) is 2.21. The molecule has 0 heterocycles. The Labute approximate surface area is 127 Å². The number of rotatable bonds is 5. The van der Waals surface area contributed by atoms with Gasteiger partial charge in [-0.05, 0) is 43.9 Å². The van der Waals surface area contributed by atoms with Gasteiger partial charge in [0.15, 0.2) is 5.84 Å². The summed E-state index contributed by atoms with van der Waals surface area (Å²) < 4.78 is 0. The van der Waals surface area contributed by atoms with Gasteiger partial charge < -0.3 is 16.3 Å². The van der Waals surface area contributed by atoms with E-state index in [1.54, 1.807) is 0 Å². The van der Waals surface area contributed by atoms with Gasteiger partial charge in [0.25, 0.3) is 0 Å². The molecule has 0 saturated heterocycles. The number of amidine groups is 1. The minimum absolute atomic E-state index is 0.0445. The largest absolute Gasteiger partial charge is 0.409 e. The van der Waals surface area contributed by atoms with E-state index in [-0.39, 0.29) is 11.7 Å². The molecule has 0 unspecified atom stereocenters. The van der Waals surface area contributed by atoms with Crippen molar-refractivity contribution in [2.75, 3.05) is 0 Å². The molecule has 21 heavy (non-hydrogen) atoms. The maximum absolute atomic E-state index is 12.3. The lowest BCUT2D eigenvalue weighted by Crippen LogP contribution is -2.59. The normalized spacial score (nSPS) is 31.3. The molecule has 1 amide bonds. The Hall–Kier alpha value is -1.26. The fraction of sp³-hybridized carbons (Fsp3) is 0.875. The number of nitrogens with zero attached hydrogens (tertiary/aromatic N) is 1. The molecule has 0 aromatic heterocycles. The van der Waals surface area contributed by atoms with Crippen LogP contribution in [0.3, 0.4) is 0 Å². The first-order valence-electron chi connectivity index (χ1n) is 8.35. The fourth-order valence-electron chi connectivity index (χ4n) is 3.76. The lowest BCUT2D eigenvalue weighted by molar-refractivity contribution is -0.123. The Morgan fingerprint density at radius 1 is 1.29 bits per heavy atom. The van der Waals surface area contributed by atoms with Gasteiger partial charge in [0.1, 0.15) is 5.54 Å². The van der Waals surface area contributed by atoms with Crippen molar-refractivity contribution in [3.63, 3.8) is 0 Å². The van der Waals surface area contributed by atoms with Crippen molar-refractivity contribution in [2.24, 2.45) is 22.7 Å². The van der Waals surface area contributed by atoms with Crippen molar-refractivity contribution in [3.8, 4) is 0 Å². The van der Waals surface area contributed by atoms with Crippen LogP contribution in [0, 0.1) is 11.8 Å². The van der Waals surface area contributed by atoms with E-state index in [1.807, 2.05) is 0 Å². The first kappa shape index (κ1) is 16.1. The molecule has 0 aromatic carbocycles. The Morgan fingerprint density at radius 2 is 1.90 bits per heavy atom. The van der Waals surface area contributed by atoms with Crippen LogP contribution in [-0.4, -0.2) is 22.5 Å². The molecule has 2 rings (SSSR count). The molecular formula is C16H29N3O2. The molecule has 2 aliphatic carbocycles. The number of carbonyl (C=O) groups excluding carboxylic acids is 1. The second-order valence-corrected chi connectivity index (χ2v) is 6.99. The Morgan fingerprint density at radius 3 is 2.48 bits per heavy atom. The highest BCUT2D eigenvalue weighted by atomic mass is 16.4. The summed E-state index contributed by atoms with van der Waals surface area (Å²) in [6.07, 6.45) is 10.2. The van der Waals surface area contributed by atoms with Gasteiger partial charge in [0.05, 0.1) is 0 Å². The third-order valence-corrected chi connectivity index (χ3v) is 5.36. The molecule has 0 radical (unpaired) electrons. The number of nitrogens with two attached hydrogens (primary N) is 1. The Bertz CT molecular complexity index is 381. The third kappa shape index (κ3) is 4.11. The van der Waals surface area contributed by atoms with Crippen molar-refractivity contribution in [1.29, 1.82) is 0 Å². The predicted octanol–water partition coefficient (Wildman–Crippen LogP) is 2.77. The summed E-state index contributed by atoms with van der Waals surface area (Å²) in [7, 11) is 0. The zero-order valence-electron chi connectivity index (χ0n) is 13.1. The van der Waals surface area contributed by atoms with Crippen LogP contribution in [0.1, 0.15) is 71.1 Å². The highest BCUT2D eigenvalue weighted by Gasteiger charge is 2.39. The first-order chi connectivity index (χ1) is 10.1. The van der Waals surface area contributed by atoms with Gasteiger partial charge in [-0.25, -0.2) is 0 Å². The van der Waals surface area contributed by atoms with E-state index < -0.39 is 5.54 Å². The number of hydrogen-bond donors (Lipinski definition) is 3. The maximum Gasteiger partial charge on any atom is 0.220 e. The van der Waals surface area contributed by atoms with E-state index in [1.165, 1.54) is 25.7 Å². The number of nitrogens with one attached hydrogen (secondary N) is 1. The second-order valence-electron chi connectivity index (χ2n) is 6.99. The zero-order chi connectivity index (χ0) is 15.3. The van der Waals surface area contributed by atoms with Crippen molar-refractivity contribution in [2.45, 2.75) is 76.7 Å². The average Bonchev–Trinajstić information content (AvgIpc) is 3.00. The van der Waals surface area contributed by atoms with Gasteiger partial charge in [-0.1, -0.05) is 37.8 Å². The minimum atomic E-state index is -0.631. The van der Waals surface area contributed by atoms with E-state index in [4.69, 9.17) is 10.9 Å². The molecule has 5 heteroatoms. The molecule has 0 spiro atoms. The summed E-state index contributed by atoms with van der Waals surface area (Å²) in [5, 5.41) is 15.3. The summed E-state index contributed by atoms with van der Waals surface area (Å²) in [4.78, 5) is 12.3. The van der Waals surface area contributed by atoms with Gasteiger partial charge in [-0.2, -0.15) is 0 Å². The molecule has 2 aliphatic rings. The predicted molar refractivity (Wildman–Crippen MR) is 83.1 cm³/mol. The average molecular weight is 295 g/mol. The van der Waals surface area contributed by atoms with Gasteiger partial charge in [0, 0.05) is 6.42 Å². The number of carbonyl (C=O) groups is 1. The van der Waals surface area contributed by atoms with Gasteiger partial charge in [-0.15, -0.1) is 0 Å². The smallest absolute Gasteiger partial charge is 0.220 e. The van der Waals surface area contributed by atoms with E-state index in [0.29, 0.717) is 18.3 Å². The van der Waals surface area contributed by atoms with Crippen LogP contribution in [0.5, 0.6) is 0 Å². The van der Waals surface area contributed by atoms with Crippen LogP contribution in [-0.2, 0) is 4.79 Å². The minimum Gasteiger partial charge on any atom is -0.409 e. The second kappa shape index (κ2) is 7.14. The molecular weight excluding hydrogens is 266 g/mol. The van der Waals surface area contributed by atoms with Crippen molar-refractivity contribution >= 4 is 11.7 Å². The standard InChI is InChI=1S/C16H29N3O2/c1-12-8-10-16(11-9-12,15(17)19-21)18-14(20)7-6-13-4-2-3-5-13/h12-13,21H,2-11H2,1H3,(H2,17,19)(H,18,20). The van der Waals surface area contributed by atoms with E-state index >= 15 is 0 Å². The van der Waals surface area contributed by atoms with Gasteiger partial charge in [-0.3, -0.25) is 4.79 Å². The Balaban J connectivity index is 1.90. The summed E-state index contributed by atoms with van der Waals surface area (Å²) in [5.74, 6) is 1.55. The molecule has 120 valence electrons. The van der Waals surface area contributed by atoms with Gasteiger partial charge >= 0.3 is 0 Å². The molecule has 0 aliphatic heterocycles. The number of hydrogen-bond acceptors (Lipinski definition) is 3. The van der Waals surface area contributed by atoms with Crippen LogP contribution in [0.4, 0.5) is 0 Å². The van der Waals surface area contributed by atoms with Crippen LogP contribution < -0.4 is 11.1 Å². The van der Waals surface area contributed by atoms with Crippen molar-refractivity contribution in [3.05, 3.63) is 0 Å². The highest BCUT2D eigenvalue weighted by Crippen LogP contribution is 2.33. The lowest BCUT2D eigenvalue weighted by Gasteiger charge is -2.39. The highest BCUT2D eigenvalue weighted by molar-refractivity contribution is 5.94. The van der Waals surface area contributed by atoms with Crippen LogP contribution >= 0.6 is 0 Å². The van der Waals surface area contributed by atoms with Crippen molar-refractivity contribution < 1.29 is 10.0 Å². The summed E-state index contributed by atoms with van der Waals surface area (Å²) in [5.41, 5.74) is 5.25. The zero-order valence-corrected chi connectivity index (χ0v) is 13.1. The van der Waals surface area contributed by atoms with Crippen LogP contribution in [0.2, 0.25) is 0 Å². The summed E-state index contributed by atoms with van der Waals surface area (Å²) in [6, 6.07) is 0. The molecule has 0 bridgehead atoms. The number of amides is 1. The first-order valence-corrected chi connectivity index (χ1v) is 8.35. The topological polar surface area (TPSA) is 87.7 Å². The molecule has 0 aromatic rings. The van der Waals surface area contributed by atoms with Crippen LogP contribution in [0.25, 0.3) is 0 Å². The van der Waals surface area contributed by atoms with Crippen LogP contribution in [0.15, 0.2) is 5.16 Å². The number of oxime groups is 1. The third-order valence-electron chi connectivity index (χ3n) is 5.36. The lowest BCUT2D eigenvalue weighted by atomic mass is 9.76. The SMILES string of the molecule is CC1CCC(NC(=O)CCC2CCCC2)(/C(N)=N/O)CC1. The molecule has 2 saturated carbocycles. The van der Waals surface area contributed by atoms with Crippen molar-refractivity contribution in [1.82, 2.24) is 5.32 Å². The van der Waals surface area contributed by atoms with E-state index in [0.717, 1.165) is 32.1 Å². The maximum atomic E-state index is 12.3. The molecule has 4 N–H and O–H groups in total. The summed E-state index contributed by atoms with van der Waals surface area (Å²) >= 11 is 0. The monoisotopic (exact) mass is 295 g/mol. The molecule has 0 atom stereocenters. The quantitative estimate of drug-likeness (QED) is 0.315. The molecule has 5 nitrogen and oxygen atoms in total. The fourth-order valence-corrected chi connectivity index (χ4v) is 3.76. The van der Waals surface area contributed by atoms with E-state index in [2.05, 4.69) is 17.4 Å². The molecule has 2 fully saturated rings.